The molecule has 0 aromatic heterocycles. The van der Waals surface area contributed by atoms with Gasteiger partial charge in [-0.25, -0.2) is 4.79 Å². The molecule has 14 heavy (non-hydrogen) atoms. The molecule has 0 heterocycles. The zero-order chi connectivity index (χ0) is 11.4. The molecule has 1 atom stereocenters. The Kier molecular flexibility index (Phi) is 4.23. The Hall–Kier alpha value is -1.43. The number of carbonyl (C=O) groups excluding carboxylic acids is 1. The molecule has 4 N–H and O–H groups in total. The zero-order valence-corrected chi connectivity index (χ0v) is 7.82. The van der Waals surface area contributed by atoms with Gasteiger partial charge in [0.05, 0.1) is 6.42 Å². The molecule has 6 heteroatoms. The van der Waals surface area contributed by atoms with Gasteiger partial charge in [-0.05, 0) is 6.42 Å². The van der Waals surface area contributed by atoms with Crippen molar-refractivity contribution in [2.45, 2.75) is 31.7 Å². The summed E-state index contributed by atoms with van der Waals surface area (Å²) >= 11 is 0. The first-order valence-electron chi connectivity index (χ1n) is 4.12. The van der Waals surface area contributed by atoms with Crippen molar-refractivity contribution in [3.63, 3.8) is 0 Å². The Labute approximate surface area is 80.7 Å². The lowest BCUT2D eigenvalue weighted by Gasteiger charge is -2.20. The van der Waals surface area contributed by atoms with Crippen molar-refractivity contribution in [3.8, 4) is 0 Å². The molecular weight excluding hydrogens is 190 g/mol. The molecule has 0 aromatic rings. The summed E-state index contributed by atoms with van der Waals surface area (Å²) in [6.45, 7) is 1.68. The maximum Gasteiger partial charge on any atom is 0.332 e. The van der Waals surface area contributed by atoms with E-state index in [9.17, 15) is 14.4 Å². The van der Waals surface area contributed by atoms with E-state index in [1.54, 1.807) is 6.92 Å². The Morgan fingerprint density at radius 2 is 1.79 bits per heavy atom. The van der Waals surface area contributed by atoms with E-state index in [1.165, 1.54) is 0 Å². The third-order valence-corrected chi connectivity index (χ3v) is 1.79. The summed E-state index contributed by atoms with van der Waals surface area (Å²) < 4.78 is 0. The molecule has 0 amide bonds. The number of carboxylic acids is 2. The summed E-state index contributed by atoms with van der Waals surface area (Å²) in [6, 6.07) is 0. The maximum absolute atomic E-state index is 11.3. The minimum Gasteiger partial charge on any atom is -0.481 e. The van der Waals surface area contributed by atoms with E-state index < -0.39 is 29.7 Å². The van der Waals surface area contributed by atoms with Crippen LogP contribution < -0.4 is 5.73 Å². The van der Waals surface area contributed by atoms with Crippen molar-refractivity contribution < 1.29 is 24.6 Å². The van der Waals surface area contributed by atoms with Crippen molar-refractivity contribution in [2.75, 3.05) is 0 Å². The van der Waals surface area contributed by atoms with Gasteiger partial charge in [-0.1, -0.05) is 6.92 Å². The average molecular weight is 203 g/mol. The number of nitrogens with two attached hydrogens (primary N) is 1. The second-order valence-corrected chi connectivity index (χ2v) is 3.02. The van der Waals surface area contributed by atoms with Crippen LogP contribution in [0.25, 0.3) is 0 Å². The van der Waals surface area contributed by atoms with Crippen LogP contribution in [0.15, 0.2) is 0 Å². The van der Waals surface area contributed by atoms with E-state index in [4.69, 9.17) is 15.9 Å². The minimum absolute atomic E-state index is 0.0317. The molecule has 0 saturated heterocycles. The highest BCUT2D eigenvalue weighted by Crippen LogP contribution is 2.12. The van der Waals surface area contributed by atoms with Crippen molar-refractivity contribution in [2.24, 2.45) is 5.73 Å². The van der Waals surface area contributed by atoms with Crippen LogP contribution in [0, 0.1) is 0 Å². The third kappa shape index (κ3) is 2.81. The lowest BCUT2D eigenvalue weighted by atomic mass is 9.89. The SMILES string of the molecule is CCCC(=O)C(N)(CC(=O)O)C(=O)O. The molecule has 0 bridgehead atoms. The van der Waals surface area contributed by atoms with E-state index in [0.717, 1.165) is 0 Å². The van der Waals surface area contributed by atoms with E-state index in [2.05, 4.69) is 0 Å². The van der Waals surface area contributed by atoms with Crippen molar-refractivity contribution in [1.29, 1.82) is 0 Å². The minimum atomic E-state index is -2.29. The first kappa shape index (κ1) is 12.6. The van der Waals surface area contributed by atoms with Gasteiger partial charge in [0.1, 0.15) is 0 Å². The van der Waals surface area contributed by atoms with Gasteiger partial charge in [-0.3, -0.25) is 9.59 Å². The summed E-state index contributed by atoms with van der Waals surface area (Å²) in [7, 11) is 0. The molecule has 0 spiro atoms. The van der Waals surface area contributed by atoms with Crippen molar-refractivity contribution in [1.82, 2.24) is 0 Å². The molecule has 0 saturated carbocycles. The van der Waals surface area contributed by atoms with Gasteiger partial charge in [-0.2, -0.15) is 0 Å². The number of ketones is 1. The number of rotatable bonds is 6. The summed E-state index contributed by atoms with van der Waals surface area (Å²) in [5.74, 6) is -3.76. The second-order valence-electron chi connectivity index (χ2n) is 3.02. The number of Topliss-reactive ketones (excluding diaryl/α,β-unsaturated/α-hetero) is 1. The van der Waals surface area contributed by atoms with Crippen LogP contribution in [-0.4, -0.2) is 33.5 Å². The molecule has 1 unspecified atom stereocenters. The molecule has 0 fully saturated rings. The number of carboxylic acid groups (broad SMARTS) is 2. The number of hydrogen-bond acceptors (Lipinski definition) is 4. The summed E-state index contributed by atoms with van der Waals surface area (Å²) in [5, 5.41) is 17.1. The summed E-state index contributed by atoms with van der Waals surface area (Å²) in [5.41, 5.74) is 2.95. The van der Waals surface area contributed by atoms with Gasteiger partial charge < -0.3 is 15.9 Å². The predicted octanol–water partition coefficient (Wildman–Crippen LogP) is -0.388. The molecule has 0 aliphatic carbocycles. The largest absolute Gasteiger partial charge is 0.481 e. The number of hydrogen-bond donors (Lipinski definition) is 3. The van der Waals surface area contributed by atoms with Crippen LogP contribution in [0.3, 0.4) is 0 Å². The van der Waals surface area contributed by atoms with Gasteiger partial charge >= 0.3 is 11.9 Å². The fourth-order valence-electron chi connectivity index (χ4n) is 0.982. The van der Waals surface area contributed by atoms with Crippen LogP contribution in [0.4, 0.5) is 0 Å². The number of aliphatic carboxylic acids is 2. The van der Waals surface area contributed by atoms with Gasteiger partial charge in [0.2, 0.25) is 0 Å². The molecule has 0 aliphatic rings. The Bertz CT molecular complexity index is 262. The van der Waals surface area contributed by atoms with Gasteiger partial charge in [-0.15, -0.1) is 0 Å². The molecule has 6 nitrogen and oxygen atoms in total. The average Bonchev–Trinajstić information content (AvgIpc) is 2.02. The standard InChI is InChI=1S/C8H13NO5/c1-2-3-5(10)8(9,7(13)14)4-6(11)12/h2-4,9H2,1H3,(H,11,12)(H,13,14). The highest BCUT2D eigenvalue weighted by molar-refractivity contribution is 6.09. The van der Waals surface area contributed by atoms with Gasteiger partial charge in [0, 0.05) is 6.42 Å². The summed E-state index contributed by atoms with van der Waals surface area (Å²) in [4.78, 5) is 32.3. The Morgan fingerprint density at radius 1 is 1.29 bits per heavy atom. The van der Waals surface area contributed by atoms with Crippen LogP contribution in [0.2, 0.25) is 0 Å². The topological polar surface area (TPSA) is 118 Å². The number of carbonyl (C=O) groups is 3. The second kappa shape index (κ2) is 4.71. The molecule has 80 valence electrons. The van der Waals surface area contributed by atoms with E-state index >= 15 is 0 Å². The molecular formula is C8H13NO5. The van der Waals surface area contributed by atoms with Gasteiger partial charge in [0.25, 0.3) is 0 Å². The van der Waals surface area contributed by atoms with Crippen LogP contribution in [0.1, 0.15) is 26.2 Å². The molecule has 0 aliphatic heterocycles. The first-order chi connectivity index (χ1) is 6.34. The third-order valence-electron chi connectivity index (χ3n) is 1.79. The quantitative estimate of drug-likeness (QED) is 0.506. The summed E-state index contributed by atoms with van der Waals surface area (Å²) in [6.07, 6.45) is -0.484. The lowest BCUT2D eigenvalue weighted by molar-refractivity contribution is -0.154. The molecule has 0 rings (SSSR count). The van der Waals surface area contributed by atoms with Gasteiger partial charge in [0.15, 0.2) is 11.3 Å². The molecule has 0 aromatic carbocycles. The maximum atomic E-state index is 11.3. The Morgan fingerprint density at radius 3 is 2.07 bits per heavy atom. The lowest BCUT2D eigenvalue weighted by Crippen LogP contribution is -2.56. The van der Waals surface area contributed by atoms with Crippen LogP contribution in [0.5, 0.6) is 0 Å². The van der Waals surface area contributed by atoms with Crippen molar-refractivity contribution in [3.05, 3.63) is 0 Å². The predicted molar refractivity (Wildman–Crippen MR) is 46.7 cm³/mol. The van der Waals surface area contributed by atoms with Crippen LogP contribution in [-0.2, 0) is 14.4 Å². The highest BCUT2D eigenvalue weighted by Gasteiger charge is 2.43. The molecule has 0 radical (unpaired) electrons. The van der Waals surface area contributed by atoms with Crippen LogP contribution >= 0.6 is 0 Å². The van der Waals surface area contributed by atoms with E-state index in [-0.39, 0.29) is 6.42 Å². The van der Waals surface area contributed by atoms with E-state index in [0.29, 0.717) is 6.42 Å². The first-order valence-corrected chi connectivity index (χ1v) is 4.12. The smallest absolute Gasteiger partial charge is 0.332 e. The normalized spacial score (nSPS) is 14.4. The zero-order valence-electron chi connectivity index (χ0n) is 7.82. The Balaban J connectivity index is 4.80. The fourth-order valence-corrected chi connectivity index (χ4v) is 0.982. The monoisotopic (exact) mass is 203 g/mol. The fraction of sp³-hybridized carbons (Fsp3) is 0.625. The van der Waals surface area contributed by atoms with E-state index in [1.807, 2.05) is 0 Å². The highest BCUT2D eigenvalue weighted by atomic mass is 16.4. The van der Waals surface area contributed by atoms with Crippen molar-refractivity contribution >= 4 is 17.7 Å².